The quantitative estimate of drug-likeness (QED) is 0.608. The van der Waals surface area contributed by atoms with Crippen molar-refractivity contribution in [3.8, 4) is 0 Å². The lowest BCUT2D eigenvalue weighted by atomic mass is 9.96. The first-order valence-electron chi connectivity index (χ1n) is 8.25. The number of halogens is 3. The fourth-order valence-corrected chi connectivity index (χ4v) is 2.45. The molecule has 0 bridgehead atoms. The van der Waals surface area contributed by atoms with Crippen LogP contribution >= 0.6 is 0 Å². The minimum absolute atomic E-state index is 0.0124. The van der Waals surface area contributed by atoms with Crippen LogP contribution in [0.5, 0.6) is 0 Å². The van der Waals surface area contributed by atoms with E-state index in [1.807, 2.05) is 14.0 Å². The second-order valence-corrected chi connectivity index (χ2v) is 6.02. The van der Waals surface area contributed by atoms with E-state index >= 15 is 0 Å². The molecule has 0 aliphatic rings. The lowest BCUT2D eigenvalue weighted by Crippen LogP contribution is -2.38. The van der Waals surface area contributed by atoms with Gasteiger partial charge in [0.15, 0.2) is 11.8 Å². The molecule has 2 rings (SSSR count). The van der Waals surface area contributed by atoms with Crippen LogP contribution < -0.4 is 10.6 Å². The van der Waals surface area contributed by atoms with Crippen LogP contribution in [0.4, 0.5) is 13.2 Å². The number of nitrogens with one attached hydrogen (secondary N) is 2. The van der Waals surface area contributed by atoms with Gasteiger partial charge in [-0.15, -0.1) is 10.2 Å². The van der Waals surface area contributed by atoms with E-state index in [1.165, 1.54) is 12.1 Å². The van der Waals surface area contributed by atoms with Gasteiger partial charge in [-0.25, -0.2) is 0 Å². The second kappa shape index (κ2) is 8.68. The lowest BCUT2D eigenvalue weighted by molar-refractivity contribution is -0.137. The zero-order valence-electron chi connectivity index (χ0n) is 15.0. The Hall–Kier alpha value is -2.58. The summed E-state index contributed by atoms with van der Waals surface area (Å²) in [6, 6.07) is 5.48. The third kappa shape index (κ3) is 5.47. The molecule has 26 heavy (non-hydrogen) atoms. The highest BCUT2D eigenvalue weighted by atomic mass is 19.4. The zero-order valence-corrected chi connectivity index (χ0v) is 15.0. The van der Waals surface area contributed by atoms with Crippen LogP contribution in [0.1, 0.15) is 36.2 Å². The van der Waals surface area contributed by atoms with Crippen LogP contribution in [0.3, 0.4) is 0 Å². The standard InChI is InChI=1S/C17H23F3N6/c1-12(13-5-4-6-14(9-13)17(18,19)20)7-8-22-16(21-2)23-10-15-25-24-11-26(15)3/h4-6,9,11-12H,7-8,10H2,1-3H3,(H2,21,22,23). The number of aliphatic imine (C=N–C) groups is 1. The molecule has 142 valence electrons. The van der Waals surface area contributed by atoms with Gasteiger partial charge in [-0.2, -0.15) is 13.2 Å². The fourth-order valence-electron chi connectivity index (χ4n) is 2.45. The van der Waals surface area contributed by atoms with Crippen LogP contribution in [-0.4, -0.2) is 34.3 Å². The van der Waals surface area contributed by atoms with Crippen molar-refractivity contribution in [1.82, 2.24) is 25.4 Å². The monoisotopic (exact) mass is 368 g/mol. The Labute approximate surface area is 150 Å². The Morgan fingerprint density at radius 2 is 2.08 bits per heavy atom. The van der Waals surface area contributed by atoms with E-state index in [1.54, 1.807) is 24.0 Å². The predicted molar refractivity (Wildman–Crippen MR) is 93.7 cm³/mol. The summed E-state index contributed by atoms with van der Waals surface area (Å²) in [4.78, 5) is 4.12. The summed E-state index contributed by atoms with van der Waals surface area (Å²) in [5.74, 6) is 1.36. The first kappa shape index (κ1) is 19.7. The average Bonchev–Trinajstić information content (AvgIpc) is 3.02. The van der Waals surface area contributed by atoms with Gasteiger partial charge in [0.2, 0.25) is 0 Å². The predicted octanol–water partition coefficient (Wildman–Crippen LogP) is 2.69. The van der Waals surface area contributed by atoms with E-state index in [2.05, 4.69) is 25.8 Å². The van der Waals surface area contributed by atoms with Crippen molar-refractivity contribution in [3.05, 3.63) is 47.5 Å². The molecule has 1 aromatic heterocycles. The smallest absolute Gasteiger partial charge is 0.356 e. The van der Waals surface area contributed by atoms with Gasteiger partial charge in [-0.3, -0.25) is 4.99 Å². The molecule has 0 aliphatic heterocycles. The molecule has 1 heterocycles. The number of guanidine groups is 1. The molecule has 0 fully saturated rings. The number of hydrogen-bond donors (Lipinski definition) is 2. The number of benzene rings is 1. The molecule has 0 amide bonds. The fraction of sp³-hybridized carbons (Fsp3) is 0.471. The Balaban J connectivity index is 1.83. The number of alkyl halides is 3. The summed E-state index contributed by atoms with van der Waals surface area (Å²) >= 11 is 0. The largest absolute Gasteiger partial charge is 0.416 e. The van der Waals surface area contributed by atoms with Gasteiger partial charge >= 0.3 is 6.18 Å². The topological polar surface area (TPSA) is 67.1 Å². The summed E-state index contributed by atoms with van der Waals surface area (Å²) in [5, 5.41) is 14.1. The van der Waals surface area contributed by atoms with E-state index in [4.69, 9.17) is 0 Å². The van der Waals surface area contributed by atoms with Crippen molar-refractivity contribution >= 4 is 5.96 Å². The SMILES string of the molecule is CN=C(NCCC(C)c1cccc(C(F)(F)F)c1)NCc1nncn1C. The Morgan fingerprint density at radius 3 is 2.69 bits per heavy atom. The van der Waals surface area contributed by atoms with Gasteiger partial charge < -0.3 is 15.2 Å². The van der Waals surface area contributed by atoms with Crippen molar-refractivity contribution in [2.75, 3.05) is 13.6 Å². The molecule has 0 radical (unpaired) electrons. The Morgan fingerprint density at radius 1 is 1.31 bits per heavy atom. The number of rotatable bonds is 6. The second-order valence-electron chi connectivity index (χ2n) is 6.02. The van der Waals surface area contributed by atoms with Crippen molar-refractivity contribution < 1.29 is 13.2 Å². The van der Waals surface area contributed by atoms with Gasteiger partial charge in [-0.05, 0) is 24.0 Å². The molecule has 1 atom stereocenters. The summed E-state index contributed by atoms with van der Waals surface area (Å²) < 4.78 is 40.3. The number of aromatic nitrogens is 3. The molecule has 0 saturated heterocycles. The minimum Gasteiger partial charge on any atom is -0.356 e. The summed E-state index contributed by atoms with van der Waals surface area (Å²) in [5.41, 5.74) is 0.0552. The van der Waals surface area contributed by atoms with Crippen LogP contribution in [0.2, 0.25) is 0 Å². The average molecular weight is 368 g/mol. The third-order valence-corrected chi connectivity index (χ3v) is 4.10. The van der Waals surface area contributed by atoms with Crippen LogP contribution in [0.25, 0.3) is 0 Å². The van der Waals surface area contributed by atoms with Crippen molar-refractivity contribution in [3.63, 3.8) is 0 Å². The van der Waals surface area contributed by atoms with Crippen LogP contribution in [0, 0.1) is 0 Å². The number of aryl methyl sites for hydroxylation is 1. The Bertz CT molecular complexity index is 738. The molecular formula is C17H23F3N6. The molecule has 1 unspecified atom stereocenters. The van der Waals surface area contributed by atoms with E-state index in [0.29, 0.717) is 31.0 Å². The Kier molecular flexibility index (Phi) is 6.59. The molecular weight excluding hydrogens is 345 g/mol. The number of hydrogen-bond acceptors (Lipinski definition) is 3. The van der Waals surface area contributed by atoms with Gasteiger partial charge in [0.1, 0.15) is 6.33 Å². The maximum atomic E-state index is 12.8. The first-order valence-corrected chi connectivity index (χ1v) is 8.25. The highest BCUT2D eigenvalue weighted by molar-refractivity contribution is 5.79. The molecule has 0 aliphatic carbocycles. The first-order chi connectivity index (χ1) is 12.3. The van der Waals surface area contributed by atoms with Gasteiger partial charge in [0, 0.05) is 20.6 Å². The molecule has 9 heteroatoms. The van der Waals surface area contributed by atoms with Crippen molar-refractivity contribution in [2.24, 2.45) is 12.0 Å². The lowest BCUT2D eigenvalue weighted by Gasteiger charge is -2.16. The third-order valence-electron chi connectivity index (χ3n) is 4.10. The molecule has 0 spiro atoms. The maximum Gasteiger partial charge on any atom is 0.416 e. The van der Waals surface area contributed by atoms with Gasteiger partial charge in [0.05, 0.1) is 12.1 Å². The van der Waals surface area contributed by atoms with Crippen LogP contribution in [-0.2, 0) is 19.8 Å². The van der Waals surface area contributed by atoms with Gasteiger partial charge in [0.25, 0.3) is 0 Å². The van der Waals surface area contributed by atoms with E-state index in [0.717, 1.165) is 11.9 Å². The highest BCUT2D eigenvalue weighted by Gasteiger charge is 2.30. The van der Waals surface area contributed by atoms with E-state index in [-0.39, 0.29) is 5.92 Å². The van der Waals surface area contributed by atoms with Crippen molar-refractivity contribution in [1.29, 1.82) is 0 Å². The van der Waals surface area contributed by atoms with E-state index < -0.39 is 11.7 Å². The van der Waals surface area contributed by atoms with Gasteiger partial charge in [-0.1, -0.05) is 25.1 Å². The normalized spacial score (nSPS) is 13.5. The molecule has 0 saturated carbocycles. The van der Waals surface area contributed by atoms with Crippen LogP contribution in [0.15, 0.2) is 35.6 Å². The zero-order chi connectivity index (χ0) is 19.2. The molecule has 2 aromatic rings. The summed E-state index contributed by atoms with van der Waals surface area (Å²) in [6.45, 7) is 2.96. The summed E-state index contributed by atoms with van der Waals surface area (Å²) in [7, 11) is 3.51. The summed E-state index contributed by atoms with van der Waals surface area (Å²) in [6.07, 6.45) is -2.03. The minimum atomic E-state index is -4.32. The number of nitrogens with zero attached hydrogens (tertiary/aromatic N) is 4. The van der Waals surface area contributed by atoms with E-state index in [9.17, 15) is 13.2 Å². The molecule has 6 nitrogen and oxygen atoms in total. The van der Waals surface area contributed by atoms with Crippen molar-refractivity contribution in [2.45, 2.75) is 32.0 Å². The highest BCUT2D eigenvalue weighted by Crippen LogP contribution is 2.31. The molecule has 2 N–H and O–H groups in total. The molecule has 1 aromatic carbocycles. The maximum absolute atomic E-state index is 12.8.